The number of rotatable bonds is 5. The summed E-state index contributed by atoms with van der Waals surface area (Å²) in [7, 11) is 0. The molecule has 0 fully saturated rings. The lowest BCUT2D eigenvalue weighted by Gasteiger charge is -2.08. The summed E-state index contributed by atoms with van der Waals surface area (Å²) in [6.07, 6.45) is -0.759. The lowest BCUT2D eigenvalue weighted by molar-refractivity contribution is 0.104. The third-order valence-corrected chi connectivity index (χ3v) is 4.43. The zero-order valence-corrected chi connectivity index (χ0v) is 14.3. The van der Waals surface area contributed by atoms with Crippen LogP contribution < -0.4 is 9.47 Å². The fourth-order valence-electron chi connectivity index (χ4n) is 2.31. The fraction of sp³-hybridized carbons (Fsp3) is 0.158. The highest BCUT2D eigenvalue weighted by molar-refractivity contribution is 7.21. The number of nitrogens with zero attached hydrogens (tertiary/aromatic N) is 1. The van der Waals surface area contributed by atoms with E-state index in [0.717, 1.165) is 15.6 Å². The quantitative estimate of drug-likeness (QED) is 0.611. The van der Waals surface area contributed by atoms with Crippen LogP contribution in [0.25, 0.3) is 10.1 Å². The van der Waals surface area contributed by atoms with Gasteiger partial charge in [0.25, 0.3) is 0 Å². The SMILES string of the molecule is CCOC(=O)Oc1sc2ccccc2c1OCc1cccc(C#N)c1. The first-order chi connectivity index (χ1) is 12.2. The topological polar surface area (TPSA) is 68.6 Å². The van der Waals surface area contributed by atoms with Crippen molar-refractivity contribution in [1.82, 2.24) is 0 Å². The minimum Gasteiger partial charge on any atom is -0.483 e. The number of carbonyl (C=O) groups excluding carboxylic acids is 1. The number of hydrogen-bond donors (Lipinski definition) is 0. The van der Waals surface area contributed by atoms with Crippen LogP contribution in [-0.4, -0.2) is 12.8 Å². The second-order valence-corrected chi connectivity index (χ2v) is 6.12. The predicted octanol–water partition coefficient (Wildman–Crippen LogP) is 4.89. The molecule has 25 heavy (non-hydrogen) atoms. The van der Waals surface area contributed by atoms with Crippen molar-refractivity contribution in [3.05, 3.63) is 59.7 Å². The highest BCUT2D eigenvalue weighted by Crippen LogP contribution is 2.44. The zero-order valence-electron chi connectivity index (χ0n) is 13.5. The molecule has 3 rings (SSSR count). The molecule has 0 aliphatic rings. The molecule has 3 aromatic rings. The van der Waals surface area contributed by atoms with E-state index >= 15 is 0 Å². The van der Waals surface area contributed by atoms with Gasteiger partial charge in [0.05, 0.1) is 18.2 Å². The first kappa shape index (κ1) is 16.8. The van der Waals surface area contributed by atoms with Crippen molar-refractivity contribution in [2.75, 3.05) is 6.61 Å². The van der Waals surface area contributed by atoms with Crippen LogP contribution in [0.4, 0.5) is 4.79 Å². The molecular weight excluding hydrogens is 338 g/mol. The molecule has 0 N–H and O–H groups in total. The summed E-state index contributed by atoms with van der Waals surface area (Å²) in [5.74, 6) is 0.496. The van der Waals surface area contributed by atoms with Crippen molar-refractivity contribution in [3.8, 4) is 16.9 Å². The molecule has 0 saturated heterocycles. The summed E-state index contributed by atoms with van der Waals surface area (Å²) in [5.41, 5.74) is 1.43. The molecule has 0 spiro atoms. The predicted molar refractivity (Wildman–Crippen MR) is 95.0 cm³/mol. The van der Waals surface area contributed by atoms with E-state index in [-0.39, 0.29) is 13.2 Å². The van der Waals surface area contributed by atoms with Gasteiger partial charge in [-0.2, -0.15) is 5.26 Å². The van der Waals surface area contributed by atoms with Crippen LogP contribution in [0.3, 0.4) is 0 Å². The number of thiophene rings is 1. The summed E-state index contributed by atoms with van der Waals surface area (Å²) in [6, 6.07) is 16.9. The van der Waals surface area contributed by atoms with Crippen molar-refractivity contribution in [2.24, 2.45) is 0 Å². The van der Waals surface area contributed by atoms with Crippen molar-refractivity contribution in [1.29, 1.82) is 5.26 Å². The number of benzene rings is 2. The van der Waals surface area contributed by atoms with Gasteiger partial charge in [0.15, 0.2) is 5.75 Å². The van der Waals surface area contributed by atoms with Gasteiger partial charge in [0.2, 0.25) is 5.06 Å². The van der Waals surface area contributed by atoms with Gasteiger partial charge < -0.3 is 14.2 Å². The fourth-order valence-corrected chi connectivity index (χ4v) is 3.30. The lowest BCUT2D eigenvalue weighted by Crippen LogP contribution is -2.10. The Balaban J connectivity index is 1.87. The first-order valence-electron chi connectivity index (χ1n) is 7.69. The summed E-state index contributed by atoms with van der Waals surface area (Å²) in [4.78, 5) is 11.7. The molecular formula is C19H15NO4S. The van der Waals surface area contributed by atoms with Gasteiger partial charge in [-0.1, -0.05) is 35.6 Å². The molecule has 0 aliphatic carbocycles. The van der Waals surface area contributed by atoms with Crippen LogP contribution >= 0.6 is 11.3 Å². The Hall–Kier alpha value is -3.04. The summed E-state index contributed by atoms with van der Waals surface area (Å²) in [6.45, 7) is 2.21. The summed E-state index contributed by atoms with van der Waals surface area (Å²) >= 11 is 1.32. The van der Waals surface area contributed by atoms with Gasteiger partial charge >= 0.3 is 6.16 Å². The van der Waals surface area contributed by atoms with Gasteiger partial charge in [0, 0.05) is 10.1 Å². The van der Waals surface area contributed by atoms with Crippen LogP contribution in [0.5, 0.6) is 10.8 Å². The largest absolute Gasteiger partial charge is 0.514 e. The number of nitriles is 1. The maximum absolute atomic E-state index is 11.7. The Kier molecular flexibility index (Phi) is 5.17. The molecule has 0 bridgehead atoms. The van der Waals surface area contributed by atoms with Crippen LogP contribution in [0.15, 0.2) is 48.5 Å². The summed E-state index contributed by atoms with van der Waals surface area (Å²) in [5, 5.41) is 10.2. The Labute approximate surface area is 149 Å². The monoisotopic (exact) mass is 353 g/mol. The van der Waals surface area contributed by atoms with Crippen LogP contribution in [0, 0.1) is 11.3 Å². The minimum absolute atomic E-state index is 0.237. The van der Waals surface area contributed by atoms with E-state index in [9.17, 15) is 4.79 Å². The van der Waals surface area contributed by atoms with E-state index in [1.165, 1.54) is 11.3 Å². The lowest BCUT2D eigenvalue weighted by atomic mass is 10.1. The van der Waals surface area contributed by atoms with Gasteiger partial charge in [-0.15, -0.1) is 0 Å². The van der Waals surface area contributed by atoms with Crippen molar-refractivity contribution in [3.63, 3.8) is 0 Å². The van der Waals surface area contributed by atoms with Gasteiger partial charge in [0.1, 0.15) is 6.61 Å². The Morgan fingerprint density at radius 1 is 1.20 bits per heavy atom. The van der Waals surface area contributed by atoms with Crippen LogP contribution in [0.1, 0.15) is 18.1 Å². The third-order valence-electron chi connectivity index (χ3n) is 3.40. The molecule has 6 heteroatoms. The van der Waals surface area contributed by atoms with Gasteiger partial charge in [-0.3, -0.25) is 0 Å². The van der Waals surface area contributed by atoms with Crippen molar-refractivity contribution in [2.45, 2.75) is 13.5 Å². The molecule has 0 aliphatic heterocycles. The maximum Gasteiger partial charge on any atom is 0.514 e. The normalized spacial score (nSPS) is 10.2. The molecule has 0 unspecified atom stereocenters. The molecule has 0 atom stereocenters. The number of ether oxygens (including phenoxy) is 3. The number of carbonyl (C=O) groups is 1. The van der Waals surface area contributed by atoms with Gasteiger partial charge in [-0.25, -0.2) is 4.79 Å². The van der Waals surface area contributed by atoms with Crippen LogP contribution in [-0.2, 0) is 11.3 Å². The van der Waals surface area contributed by atoms with Crippen molar-refractivity contribution >= 4 is 27.6 Å². The number of hydrogen-bond acceptors (Lipinski definition) is 6. The third kappa shape index (κ3) is 3.90. The Bertz CT molecular complexity index is 942. The second kappa shape index (κ2) is 7.69. The standard InChI is InChI=1S/C19H15NO4S/c1-2-22-19(21)24-18-17(15-8-3-4-9-16(15)25-18)23-12-14-7-5-6-13(10-14)11-20/h3-10H,2,12H2,1H3. The minimum atomic E-state index is -0.759. The molecule has 5 nitrogen and oxygen atoms in total. The molecule has 1 heterocycles. The maximum atomic E-state index is 11.7. The van der Waals surface area contributed by atoms with Gasteiger partial charge in [-0.05, 0) is 36.8 Å². The second-order valence-electron chi connectivity index (χ2n) is 5.10. The smallest absolute Gasteiger partial charge is 0.483 e. The van der Waals surface area contributed by atoms with Crippen LogP contribution in [0.2, 0.25) is 0 Å². The Morgan fingerprint density at radius 3 is 2.84 bits per heavy atom. The zero-order chi connectivity index (χ0) is 17.6. The van der Waals surface area contributed by atoms with E-state index in [4.69, 9.17) is 19.5 Å². The molecule has 1 aromatic heterocycles. The van der Waals surface area contributed by atoms with E-state index in [1.54, 1.807) is 25.1 Å². The van der Waals surface area contributed by atoms with E-state index in [1.807, 2.05) is 30.3 Å². The molecule has 0 radical (unpaired) electrons. The Morgan fingerprint density at radius 2 is 2.04 bits per heavy atom. The highest BCUT2D eigenvalue weighted by Gasteiger charge is 2.18. The van der Waals surface area contributed by atoms with E-state index < -0.39 is 6.16 Å². The van der Waals surface area contributed by atoms with E-state index in [0.29, 0.717) is 16.4 Å². The molecule has 0 saturated carbocycles. The average Bonchev–Trinajstić information content (AvgIpc) is 2.97. The average molecular weight is 353 g/mol. The highest BCUT2D eigenvalue weighted by atomic mass is 32.1. The first-order valence-corrected chi connectivity index (χ1v) is 8.51. The van der Waals surface area contributed by atoms with E-state index in [2.05, 4.69) is 6.07 Å². The summed E-state index contributed by atoms with van der Waals surface area (Å²) < 4.78 is 17.0. The molecule has 126 valence electrons. The molecule has 2 aromatic carbocycles. The molecule has 0 amide bonds. The van der Waals surface area contributed by atoms with Crippen molar-refractivity contribution < 1.29 is 19.0 Å². The number of fused-ring (bicyclic) bond motifs is 1.